The van der Waals surface area contributed by atoms with Gasteiger partial charge >= 0.3 is 0 Å². The Hall–Kier alpha value is -1.06. The largest absolute Gasteiger partial charge is 0.494 e. The van der Waals surface area contributed by atoms with E-state index in [1.807, 2.05) is 12.1 Å². The van der Waals surface area contributed by atoms with Crippen LogP contribution in [0.2, 0.25) is 0 Å². The van der Waals surface area contributed by atoms with Crippen LogP contribution in [0, 0.1) is 0 Å². The lowest BCUT2D eigenvalue weighted by Crippen LogP contribution is -2.22. The fourth-order valence-corrected chi connectivity index (χ4v) is 1.57. The van der Waals surface area contributed by atoms with Crippen molar-refractivity contribution in [3.8, 4) is 5.75 Å². The second-order valence-electron chi connectivity index (χ2n) is 4.09. The number of methoxy groups -OCH3 is 1. The molecule has 0 radical (unpaired) electrons. The molecule has 3 nitrogen and oxygen atoms in total. The zero-order chi connectivity index (χ0) is 12.5. The summed E-state index contributed by atoms with van der Waals surface area (Å²) < 4.78 is 10.6. The summed E-state index contributed by atoms with van der Waals surface area (Å²) >= 11 is 0. The van der Waals surface area contributed by atoms with Crippen LogP contribution in [0.3, 0.4) is 0 Å². The number of ether oxygens (including phenoxy) is 2. The van der Waals surface area contributed by atoms with Crippen molar-refractivity contribution in [2.45, 2.75) is 26.3 Å². The van der Waals surface area contributed by atoms with Crippen molar-refractivity contribution >= 4 is 0 Å². The molecular weight excluding hydrogens is 214 g/mol. The van der Waals surface area contributed by atoms with Crippen LogP contribution in [0.4, 0.5) is 0 Å². The molecule has 0 bridgehead atoms. The number of benzene rings is 1. The summed E-state index contributed by atoms with van der Waals surface area (Å²) in [7, 11) is 1.71. The highest BCUT2D eigenvalue weighted by Gasteiger charge is 2.04. The maximum atomic E-state index is 5.55. The van der Waals surface area contributed by atoms with E-state index in [4.69, 9.17) is 9.47 Å². The maximum Gasteiger partial charge on any atom is 0.119 e. The van der Waals surface area contributed by atoms with Gasteiger partial charge in [0.15, 0.2) is 0 Å². The van der Waals surface area contributed by atoms with Gasteiger partial charge in [-0.25, -0.2) is 0 Å². The summed E-state index contributed by atoms with van der Waals surface area (Å²) in [6.07, 6.45) is 1.04. The van der Waals surface area contributed by atoms with E-state index in [1.165, 1.54) is 5.56 Å². The van der Waals surface area contributed by atoms with E-state index in [2.05, 4.69) is 31.3 Å². The third-order valence-electron chi connectivity index (χ3n) is 2.61. The molecule has 0 aliphatic carbocycles. The van der Waals surface area contributed by atoms with E-state index < -0.39 is 0 Å². The Morgan fingerprint density at radius 3 is 2.47 bits per heavy atom. The van der Waals surface area contributed by atoms with Crippen LogP contribution in [-0.2, 0) is 4.74 Å². The van der Waals surface area contributed by atoms with Gasteiger partial charge in [0.05, 0.1) is 13.2 Å². The van der Waals surface area contributed by atoms with Crippen molar-refractivity contribution in [3.63, 3.8) is 0 Å². The lowest BCUT2D eigenvalue weighted by molar-refractivity contribution is 0.196. The molecule has 96 valence electrons. The van der Waals surface area contributed by atoms with Crippen LogP contribution < -0.4 is 10.1 Å². The van der Waals surface area contributed by atoms with Crippen molar-refractivity contribution in [1.82, 2.24) is 5.32 Å². The van der Waals surface area contributed by atoms with Crippen molar-refractivity contribution in [1.29, 1.82) is 0 Å². The highest BCUT2D eigenvalue weighted by atomic mass is 16.5. The van der Waals surface area contributed by atoms with Gasteiger partial charge in [0, 0.05) is 19.7 Å². The summed E-state index contributed by atoms with van der Waals surface area (Å²) in [6.45, 7) is 6.64. The molecule has 1 atom stereocenters. The highest BCUT2D eigenvalue weighted by Crippen LogP contribution is 2.17. The van der Waals surface area contributed by atoms with Gasteiger partial charge < -0.3 is 14.8 Å². The van der Waals surface area contributed by atoms with Gasteiger partial charge in [-0.15, -0.1) is 0 Å². The molecule has 0 saturated heterocycles. The number of rotatable bonds is 8. The molecule has 0 aromatic heterocycles. The zero-order valence-electron chi connectivity index (χ0n) is 11.0. The Labute approximate surface area is 104 Å². The number of hydrogen-bond donors (Lipinski definition) is 1. The van der Waals surface area contributed by atoms with E-state index in [0.717, 1.165) is 31.9 Å². The second-order valence-corrected chi connectivity index (χ2v) is 4.09. The third-order valence-corrected chi connectivity index (χ3v) is 2.61. The first-order valence-corrected chi connectivity index (χ1v) is 6.23. The first kappa shape index (κ1) is 14.0. The van der Waals surface area contributed by atoms with Gasteiger partial charge in [-0.1, -0.05) is 19.1 Å². The van der Waals surface area contributed by atoms with Crippen LogP contribution in [-0.4, -0.2) is 26.9 Å². The lowest BCUT2D eigenvalue weighted by Gasteiger charge is -2.14. The van der Waals surface area contributed by atoms with Crippen molar-refractivity contribution < 1.29 is 9.47 Å². The average molecular weight is 237 g/mol. The van der Waals surface area contributed by atoms with Gasteiger partial charge in [-0.2, -0.15) is 0 Å². The molecule has 0 saturated carbocycles. The maximum absolute atomic E-state index is 5.55. The first-order chi connectivity index (χ1) is 8.27. The average Bonchev–Trinajstić information content (AvgIpc) is 2.37. The molecule has 1 aromatic carbocycles. The zero-order valence-corrected chi connectivity index (χ0v) is 11.0. The molecule has 0 amide bonds. The van der Waals surface area contributed by atoms with Crippen LogP contribution in [0.25, 0.3) is 0 Å². The molecule has 0 heterocycles. The van der Waals surface area contributed by atoms with E-state index in [0.29, 0.717) is 6.04 Å². The number of nitrogens with one attached hydrogen (secondary N) is 1. The van der Waals surface area contributed by atoms with Crippen LogP contribution in [0.15, 0.2) is 24.3 Å². The van der Waals surface area contributed by atoms with E-state index >= 15 is 0 Å². The SMILES string of the molecule is CCCOc1ccc(C(C)NCCOC)cc1. The fraction of sp³-hybridized carbons (Fsp3) is 0.571. The topological polar surface area (TPSA) is 30.5 Å². The van der Waals surface area contributed by atoms with Gasteiger partial charge in [-0.3, -0.25) is 0 Å². The summed E-state index contributed by atoms with van der Waals surface area (Å²) in [5.74, 6) is 0.944. The molecule has 0 aliphatic heterocycles. The Morgan fingerprint density at radius 1 is 1.18 bits per heavy atom. The quantitative estimate of drug-likeness (QED) is 0.705. The first-order valence-electron chi connectivity index (χ1n) is 6.23. The van der Waals surface area contributed by atoms with E-state index in [1.54, 1.807) is 7.11 Å². The smallest absolute Gasteiger partial charge is 0.119 e. The monoisotopic (exact) mass is 237 g/mol. The Bertz CT molecular complexity index is 298. The summed E-state index contributed by atoms with van der Waals surface area (Å²) in [4.78, 5) is 0. The normalized spacial score (nSPS) is 12.4. The fourth-order valence-electron chi connectivity index (χ4n) is 1.57. The summed E-state index contributed by atoms with van der Waals surface area (Å²) in [5.41, 5.74) is 1.27. The van der Waals surface area contributed by atoms with E-state index in [9.17, 15) is 0 Å². The molecule has 0 aliphatic rings. The van der Waals surface area contributed by atoms with E-state index in [-0.39, 0.29) is 0 Å². The molecule has 3 heteroatoms. The van der Waals surface area contributed by atoms with Crippen LogP contribution in [0.5, 0.6) is 5.75 Å². The molecule has 1 unspecified atom stereocenters. The van der Waals surface area contributed by atoms with Crippen LogP contribution in [0.1, 0.15) is 31.9 Å². The number of hydrogen-bond acceptors (Lipinski definition) is 3. The van der Waals surface area contributed by atoms with Crippen LogP contribution >= 0.6 is 0 Å². The second kappa shape index (κ2) is 8.09. The van der Waals surface area contributed by atoms with Crippen molar-refractivity contribution in [3.05, 3.63) is 29.8 Å². The minimum atomic E-state index is 0.338. The molecule has 17 heavy (non-hydrogen) atoms. The predicted octanol–water partition coefficient (Wildman–Crippen LogP) is 2.77. The molecule has 1 rings (SSSR count). The molecule has 0 fully saturated rings. The van der Waals surface area contributed by atoms with Gasteiger partial charge in [0.25, 0.3) is 0 Å². The summed E-state index contributed by atoms with van der Waals surface area (Å²) in [5, 5.41) is 3.40. The minimum absolute atomic E-state index is 0.338. The predicted molar refractivity (Wildman–Crippen MR) is 70.5 cm³/mol. The third kappa shape index (κ3) is 5.20. The highest BCUT2D eigenvalue weighted by molar-refractivity contribution is 5.28. The van der Waals surface area contributed by atoms with Crippen molar-refractivity contribution in [2.75, 3.05) is 26.9 Å². The lowest BCUT2D eigenvalue weighted by atomic mass is 10.1. The minimum Gasteiger partial charge on any atom is -0.494 e. The van der Waals surface area contributed by atoms with Gasteiger partial charge in [0.1, 0.15) is 5.75 Å². The summed E-state index contributed by atoms with van der Waals surface area (Å²) in [6, 6.07) is 8.61. The Balaban J connectivity index is 2.43. The van der Waals surface area contributed by atoms with Crippen molar-refractivity contribution in [2.24, 2.45) is 0 Å². The molecule has 1 N–H and O–H groups in total. The standard InChI is InChI=1S/C14H23NO2/c1-4-10-17-14-7-5-13(6-8-14)12(2)15-9-11-16-3/h5-8,12,15H,4,9-11H2,1-3H3. The van der Waals surface area contributed by atoms with Gasteiger partial charge in [0.2, 0.25) is 0 Å². The molecule has 1 aromatic rings. The Morgan fingerprint density at radius 2 is 1.88 bits per heavy atom. The molecular formula is C14H23NO2. The van der Waals surface area contributed by atoms with Gasteiger partial charge in [-0.05, 0) is 31.0 Å². The Kier molecular flexibility index (Phi) is 6.67. The molecule has 0 spiro atoms.